The molecule has 0 bridgehead atoms. The molecule has 23 heavy (non-hydrogen) atoms. The number of allylic oxidation sites excluding steroid dienone is 2. The minimum Gasteiger partial charge on any atom is -0.481 e. The highest BCUT2D eigenvalue weighted by molar-refractivity contribution is 5.66. The topological polar surface area (TPSA) is 37.3 Å². The molecule has 1 N–H and O–H groups in total. The molecule has 0 aromatic carbocycles. The molecule has 0 aromatic heterocycles. The van der Waals surface area contributed by atoms with Crippen LogP contribution in [0.15, 0.2) is 12.2 Å². The highest BCUT2D eigenvalue weighted by atomic mass is 16.4. The average Bonchev–Trinajstić information content (AvgIpc) is 2.49. The second-order valence-corrected chi connectivity index (χ2v) is 7.26. The van der Waals surface area contributed by atoms with E-state index in [1.165, 1.54) is 77.0 Å². The number of carboxylic acids is 1. The lowest BCUT2D eigenvalue weighted by atomic mass is 10.0. The molecule has 0 atom stereocenters. The largest absolute Gasteiger partial charge is 0.481 e. The number of rotatable bonds is 17. The quantitative estimate of drug-likeness (QED) is 0.228. The average molecular weight is 325 g/mol. The Bertz CT molecular complexity index is 282. The summed E-state index contributed by atoms with van der Waals surface area (Å²) in [4.78, 5) is 10.4. The number of aliphatic carboxylic acids is 1. The van der Waals surface area contributed by atoms with Crippen LogP contribution in [0.25, 0.3) is 0 Å². The summed E-state index contributed by atoms with van der Waals surface area (Å²) in [5.41, 5.74) is 0. The van der Waals surface area contributed by atoms with Crippen molar-refractivity contribution in [1.82, 2.24) is 0 Å². The van der Waals surface area contributed by atoms with Crippen LogP contribution in [0.5, 0.6) is 0 Å². The van der Waals surface area contributed by atoms with Gasteiger partial charge in [0.05, 0.1) is 0 Å². The van der Waals surface area contributed by atoms with Gasteiger partial charge in [0.15, 0.2) is 0 Å². The van der Waals surface area contributed by atoms with E-state index in [4.69, 9.17) is 5.11 Å². The molecule has 0 aliphatic heterocycles. The van der Waals surface area contributed by atoms with Crippen LogP contribution in [0.2, 0.25) is 0 Å². The van der Waals surface area contributed by atoms with Gasteiger partial charge in [0.25, 0.3) is 0 Å². The normalized spacial score (nSPS) is 11.6. The fourth-order valence-electron chi connectivity index (χ4n) is 2.83. The van der Waals surface area contributed by atoms with Crippen LogP contribution in [-0.2, 0) is 4.79 Å². The van der Waals surface area contributed by atoms with Crippen molar-refractivity contribution in [3.8, 4) is 0 Å². The van der Waals surface area contributed by atoms with Crippen molar-refractivity contribution < 1.29 is 9.90 Å². The van der Waals surface area contributed by atoms with Gasteiger partial charge in [-0.3, -0.25) is 4.79 Å². The molecule has 2 nitrogen and oxygen atoms in total. The fraction of sp³-hybridized carbons (Fsp3) is 0.857. The number of hydrogen-bond donors (Lipinski definition) is 1. The van der Waals surface area contributed by atoms with Gasteiger partial charge in [-0.15, -0.1) is 0 Å². The first-order valence-electron chi connectivity index (χ1n) is 9.99. The van der Waals surface area contributed by atoms with Gasteiger partial charge in [-0.05, 0) is 38.0 Å². The van der Waals surface area contributed by atoms with E-state index >= 15 is 0 Å². The van der Waals surface area contributed by atoms with E-state index in [2.05, 4.69) is 26.0 Å². The maximum atomic E-state index is 10.4. The first kappa shape index (κ1) is 22.2. The first-order valence-corrected chi connectivity index (χ1v) is 9.99. The predicted octanol–water partition coefficient (Wildman–Crippen LogP) is 7.13. The molecule has 0 heterocycles. The zero-order valence-corrected chi connectivity index (χ0v) is 15.7. The van der Waals surface area contributed by atoms with E-state index in [1.807, 2.05) is 0 Å². The van der Waals surface area contributed by atoms with Crippen LogP contribution in [0, 0.1) is 5.92 Å². The molecule has 136 valence electrons. The molecular formula is C21H40O2. The third kappa shape index (κ3) is 21.2. The molecule has 0 saturated heterocycles. The summed E-state index contributed by atoms with van der Waals surface area (Å²) in [6.45, 7) is 4.62. The summed E-state index contributed by atoms with van der Waals surface area (Å²) in [6.07, 6.45) is 22.8. The maximum Gasteiger partial charge on any atom is 0.303 e. The van der Waals surface area contributed by atoms with Gasteiger partial charge < -0.3 is 5.11 Å². The van der Waals surface area contributed by atoms with Crippen LogP contribution in [-0.4, -0.2) is 11.1 Å². The minimum atomic E-state index is -0.663. The van der Waals surface area contributed by atoms with Crippen molar-refractivity contribution in [1.29, 1.82) is 0 Å². The number of unbranched alkanes of at least 4 members (excludes halogenated alkanes) is 11. The molecule has 0 aliphatic carbocycles. The summed E-state index contributed by atoms with van der Waals surface area (Å²) in [7, 11) is 0. The molecule has 0 spiro atoms. The van der Waals surface area contributed by atoms with Crippen LogP contribution >= 0.6 is 0 Å². The minimum absolute atomic E-state index is 0.331. The Morgan fingerprint density at radius 1 is 0.739 bits per heavy atom. The SMILES string of the molecule is CC(C)CCCCCCCCC=CCCCCCCCC(=O)O. The van der Waals surface area contributed by atoms with E-state index in [9.17, 15) is 4.79 Å². The van der Waals surface area contributed by atoms with Crippen molar-refractivity contribution in [3.05, 3.63) is 12.2 Å². The number of carboxylic acid groups (broad SMARTS) is 1. The van der Waals surface area contributed by atoms with Gasteiger partial charge in [-0.1, -0.05) is 83.8 Å². The van der Waals surface area contributed by atoms with E-state index in [0.717, 1.165) is 18.8 Å². The Morgan fingerprint density at radius 3 is 1.65 bits per heavy atom. The summed E-state index contributed by atoms with van der Waals surface area (Å²) in [5.74, 6) is 0.202. The number of carbonyl (C=O) groups is 1. The van der Waals surface area contributed by atoms with Gasteiger partial charge in [0.1, 0.15) is 0 Å². The Kier molecular flexibility index (Phi) is 17.0. The lowest BCUT2D eigenvalue weighted by Crippen LogP contribution is -1.93. The molecule has 0 fully saturated rings. The molecule has 0 aromatic rings. The van der Waals surface area contributed by atoms with Crippen molar-refractivity contribution in [2.24, 2.45) is 5.92 Å². The van der Waals surface area contributed by atoms with E-state index in [-0.39, 0.29) is 0 Å². The Hall–Kier alpha value is -0.790. The molecule has 0 saturated carbocycles. The molecule has 0 unspecified atom stereocenters. The second-order valence-electron chi connectivity index (χ2n) is 7.26. The summed E-state index contributed by atoms with van der Waals surface area (Å²) in [6, 6.07) is 0. The van der Waals surface area contributed by atoms with Crippen LogP contribution in [0.3, 0.4) is 0 Å². The second kappa shape index (κ2) is 17.6. The summed E-state index contributed by atoms with van der Waals surface area (Å²) in [5, 5.41) is 8.54. The highest BCUT2D eigenvalue weighted by Crippen LogP contribution is 2.12. The molecule has 0 aliphatic rings. The smallest absolute Gasteiger partial charge is 0.303 e. The standard InChI is InChI=1S/C21H40O2/c1-20(2)18-16-14-12-10-8-6-4-3-5-7-9-11-13-15-17-19-21(22)23/h3,5,20H,4,6-19H2,1-2H3,(H,22,23). The molecule has 0 amide bonds. The van der Waals surface area contributed by atoms with Crippen LogP contribution in [0.1, 0.15) is 110 Å². The van der Waals surface area contributed by atoms with Crippen molar-refractivity contribution in [2.45, 2.75) is 110 Å². The van der Waals surface area contributed by atoms with Crippen LogP contribution in [0.4, 0.5) is 0 Å². The third-order valence-corrected chi connectivity index (χ3v) is 4.33. The zero-order valence-electron chi connectivity index (χ0n) is 15.7. The lowest BCUT2D eigenvalue weighted by Gasteiger charge is -2.03. The zero-order chi connectivity index (χ0) is 17.2. The molecular weight excluding hydrogens is 284 g/mol. The van der Waals surface area contributed by atoms with E-state index in [0.29, 0.717) is 6.42 Å². The maximum absolute atomic E-state index is 10.4. The molecule has 0 radical (unpaired) electrons. The van der Waals surface area contributed by atoms with E-state index < -0.39 is 5.97 Å². The predicted molar refractivity (Wildman–Crippen MR) is 101 cm³/mol. The van der Waals surface area contributed by atoms with E-state index in [1.54, 1.807) is 0 Å². The fourth-order valence-corrected chi connectivity index (χ4v) is 2.83. The van der Waals surface area contributed by atoms with Gasteiger partial charge in [-0.25, -0.2) is 0 Å². The van der Waals surface area contributed by atoms with Crippen molar-refractivity contribution >= 4 is 5.97 Å². The van der Waals surface area contributed by atoms with Crippen molar-refractivity contribution in [3.63, 3.8) is 0 Å². The Morgan fingerprint density at radius 2 is 1.17 bits per heavy atom. The first-order chi connectivity index (χ1) is 11.1. The molecule has 0 rings (SSSR count). The van der Waals surface area contributed by atoms with Gasteiger partial charge >= 0.3 is 5.97 Å². The Labute approximate surface area is 144 Å². The van der Waals surface area contributed by atoms with Gasteiger partial charge in [-0.2, -0.15) is 0 Å². The summed E-state index contributed by atoms with van der Waals surface area (Å²) < 4.78 is 0. The van der Waals surface area contributed by atoms with Gasteiger partial charge in [0, 0.05) is 6.42 Å². The van der Waals surface area contributed by atoms with Gasteiger partial charge in [0.2, 0.25) is 0 Å². The monoisotopic (exact) mass is 324 g/mol. The number of hydrogen-bond acceptors (Lipinski definition) is 1. The van der Waals surface area contributed by atoms with Crippen LogP contribution < -0.4 is 0 Å². The highest BCUT2D eigenvalue weighted by Gasteiger charge is 1.96. The Balaban J connectivity index is 3.10. The molecule has 2 heteroatoms. The summed E-state index contributed by atoms with van der Waals surface area (Å²) >= 11 is 0. The van der Waals surface area contributed by atoms with Crippen molar-refractivity contribution in [2.75, 3.05) is 0 Å². The third-order valence-electron chi connectivity index (χ3n) is 4.33. The lowest BCUT2D eigenvalue weighted by molar-refractivity contribution is -0.137.